The number of rotatable bonds is 12. The molecule has 0 fully saturated rings. The normalized spacial score (nSPS) is 10.6. The molecule has 0 rings (SSSR count). The van der Waals surface area contributed by atoms with E-state index in [2.05, 4.69) is 59.7 Å². The monoisotopic (exact) mass is 597 g/mol. The molecule has 0 bridgehead atoms. The number of nitrogens with zero attached hydrogens (tertiary/aromatic N) is 1. The molecule has 0 aliphatic heterocycles. The maximum absolute atomic E-state index is 2.88. The predicted octanol–water partition coefficient (Wildman–Crippen LogP) is 2.85. The van der Waals surface area contributed by atoms with Crippen LogP contribution in [-0.4, -0.2) is 30.7 Å². The van der Waals surface area contributed by atoms with Crippen LogP contribution in [0, 0.1) is 0 Å². The molecule has 0 aromatic carbocycles. The molecule has 0 radical (unpaired) electrons. The Bertz CT molecular complexity index is 131. The summed E-state index contributed by atoms with van der Waals surface area (Å²) in [6.45, 7) is 15.0. The summed E-state index contributed by atoms with van der Waals surface area (Å²) in [6, 6.07) is 0. The second kappa shape index (κ2) is 20.7. The number of hydrogen-bond donors (Lipinski definition) is 0. The molecule has 0 spiro atoms. The fraction of sp³-hybridized carbons (Fsp3) is 1.00. The Morgan fingerprint density at radius 2 is 0.800 bits per heavy atom. The van der Waals surface area contributed by atoms with Crippen LogP contribution in [0.2, 0.25) is 0 Å². The fourth-order valence-corrected chi connectivity index (χ4v) is 2.64. The number of hydrogen-bond acceptors (Lipinski definition) is 0. The maximum atomic E-state index is 2.88. The van der Waals surface area contributed by atoms with Crippen LogP contribution in [-0.2, 0) is 18.9 Å². The van der Waals surface area contributed by atoms with Gasteiger partial charge in [0.15, 0.2) is 0 Å². The van der Waals surface area contributed by atoms with Crippen LogP contribution in [0.3, 0.4) is 0 Å². The van der Waals surface area contributed by atoms with Crippen molar-refractivity contribution < 1.29 is 40.4 Å². The van der Waals surface area contributed by atoms with Crippen molar-refractivity contribution in [3.05, 3.63) is 0 Å². The van der Waals surface area contributed by atoms with E-state index in [0.717, 1.165) is 0 Å². The van der Waals surface area contributed by atoms with E-state index in [4.69, 9.17) is 0 Å². The van der Waals surface area contributed by atoms with Gasteiger partial charge in [-0.1, -0.05) is 53.4 Å². The number of quaternary nitrogens is 1. The van der Waals surface area contributed by atoms with Gasteiger partial charge < -0.3 is 21.5 Å². The third-order valence-corrected chi connectivity index (χ3v) is 3.94. The Balaban J connectivity index is -0.000000916. The zero-order chi connectivity index (χ0) is 15.0. The molecule has 0 atom stereocenters. The summed E-state index contributed by atoms with van der Waals surface area (Å²) in [5.74, 6) is 0. The van der Waals surface area contributed by atoms with Gasteiger partial charge in [0.05, 0.1) is 26.2 Å². The summed E-state index contributed by atoms with van der Waals surface area (Å²) in [5.41, 5.74) is 0. The van der Waals surface area contributed by atoms with Crippen molar-refractivity contribution in [2.75, 3.05) is 26.2 Å². The van der Waals surface area contributed by atoms with E-state index in [1.807, 2.05) is 0 Å². The summed E-state index contributed by atoms with van der Waals surface area (Å²) in [6.07, 6.45) is 11.1. The standard InChI is InChI=1S/C16H36N.Au.2BrH/c1-5-9-13-17(14-10-6-2,15-11-7-3)16-12-8-4;;;/h5-16H2,1-4H3;;2*1H/q2*+1;;/p-2. The van der Waals surface area contributed by atoms with Crippen molar-refractivity contribution in [3.8, 4) is 0 Å². The molecule has 0 saturated heterocycles. The van der Waals surface area contributed by atoms with Crippen molar-refractivity contribution in [3.63, 3.8) is 0 Å². The molecule has 0 aromatic rings. The summed E-state index contributed by atoms with van der Waals surface area (Å²) >= 11 is 4.97. The molecule has 1 nitrogen and oxygen atoms in total. The minimum atomic E-state index is 0. The van der Waals surface area contributed by atoms with E-state index in [1.54, 1.807) is 0 Å². The third-order valence-electron chi connectivity index (χ3n) is 3.94. The summed E-state index contributed by atoms with van der Waals surface area (Å²) in [7, 11) is 0. The summed E-state index contributed by atoms with van der Waals surface area (Å²) < 4.78 is 1.42. The van der Waals surface area contributed by atoms with Crippen LogP contribution in [0.15, 0.2) is 0 Å². The molecule has 130 valence electrons. The van der Waals surface area contributed by atoms with E-state index >= 15 is 0 Å². The Labute approximate surface area is 157 Å². The van der Waals surface area contributed by atoms with E-state index in [0.29, 0.717) is 0 Å². The van der Waals surface area contributed by atoms with Crippen molar-refractivity contribution in [2.45, 2.75) is 79.1 Å². The molecule has 0 heterocycles. The first kappa shape index (κ1) is 26.6. The van der Waals surface area contributed by atoms with Gasteiger partial charge in [0.25, 0.3) is 0 Å². The molecule has 0 amide bonds. The van der Waals surface area contributed by atoms with Crippen molar-refractivity contribution in [2.24, 2.45) is 0 Å². The van der Waals surface area contributed by atoms with Gasteiger partial charge in [0, 0.05) is 0 Å². The van der Waals surface area contributed by atoms with Crippen molar-refractivity contribution in [1.29, 1.82) is 0 Å². The van der Waals surface area contributed by atoms with E-state index in [-0.39, 0.29) is 17.0 Å². The van der Waals surface area contributed by atoms with Gasteiger partial charge in [-0.05, 0) is 25.7 Å². The van der Waals surface area contributed by atoms with Gasteiger partial charge in [-0.2, -0.15) is 0 Å². The quantitative estimate of drug-likeness (QED) is 0.239. The summed E-state index contributed by atoms with van der Waals surface area (Å²) in [4.78, 5) is 0. The van der Waals surface area contributed by atoms with E-state index in [9.17, 15) is 0 Å². The van der Waals surface area contributed by atoms with Crippen LogP contribution < -0.4 is 17.0 Å². The van der Waals surface area contributed by atoms with Gasteiger partial charge in [-0.3, -0.25) is 0 Å². The molecule has 0 saturated carbocycles. The SMILES string of the molecule is CCCC[N+](CCCC)(CCCC)CCCC.[Br-].[Br][Au]. The van der Waals surface area contributed by atoms with Crippen LogP contribution in [0.25, 0.3) is 0 Å². The Hall–Kier alpha value is 1.66. The van der Waals surface area contributed by atoms with Crippen molar-refractivity contribution >= 4 is 13.0 Å². The van der Waals surface area contributed by atoms with Gasteiger partial charge in [-0.15, -0.1) is 0 Å². The fourth-order valence-electron chi connectivity index (χ4n) is 2.64. The van der Waals surface area contributed by atoms with Crippen LogP contribution in [0.5, 0.6) is 0 Å². The van der Waals surface area contributed by atoms with Crippen LogP contribution in [0.1, 0.15) is 79.1 Å². The third kappa shape index (κ3) is 14.6. The second-order valence-electron chi connectivity index (χ2n) is 5.65. The Morgan fingerprint density at radius 3 is 0.950 bits per heavy atom. The molecule has 0 aliphatic carbocycles. The molecular weight excluding hydrogens is 563 g/mol. The molecular formula is C16H36AuBr2N. The number of unbranched alkanes of at least 4 members (excludes halogenated alkanes) is 4. The Morgan fingerprint density at radius 1 is 0.600 bits per heavy atom. The molecule has 0 aromatic heterocycles. The average molecular weight is 599 g/mol. The minimum absolute atomic E-state index is 0. The van der Waals surface area contributed by atoms with Gasteiger partial charge in [0.1, 0.15) is 0 Å². The van der Waals surface area contributed by atoms with Gasteiger partial charge >= 0.3 is 32.0 Å². The van der Waals surface area contributed by atoms with Gasteiger partial charge in [-0.25, -0.2) is 0 Å². The average Bonchev–Trinajstić information content (AvgIpc) is 2.48. The Kier molecular flexibility index (Phi) is 27.4. The first-order valence-corrected chi connectivity index (χ1v) is 12.9. The zero-order valence-corrected chi connectivity index (χ0v) is 19.3. The molecule has 0 unspecified atom stereocenters. The van der Waals surface area contributed by atoms with Crippen LogP contribution in [0.4, 0.5) is 0 Å². The predicted molar refractivity (Wildman–Crippen MR) is 88.3 cm³/mol. The molecule has 0 aliphatic rings. The number of halogens is 2. The first-order valence-electron chi connectivity index (χ1n) is 8.21. The van der Waals surface area contributed by atoms with E-state index < -0.39 is 0 Å². The zero-order valence-electron chi connectivity index (χ0n) is 14.0. The molecule has 20 heavy (non-hydrogen) atoms. The van der Waals surface area contributed by atoms with Crippen LogP contribution >= 0.6 is 13.0 Å². The topological polar surface area (TPSA) is 0 Å². The van der Waals surface area contributed by atoms with Crippen molar-refractivity contribution in [1.82, 2.24) is 0 Å². The second-order valence-corrected chi connectivity index (χ2v) is 5.65. The molecule has 0 N–H and O–H groups in total. The van der Waals surface area contributed by atoms with E-state index in [1.165, 1.54) is 82.0 Å². The molecule has 4 heteroatoms. The van der Waals surface area contributed by atoms with Gasteiger partial charge in [0.2, 0.25) is 0 Å². The summed E-state index contributed by atoms with van der Waals surface area (Å²) in [5, 5.41) is 0. The first-order chi connectivity index (χ1) is 9.24.